The first-order valence-electron chi connectivity index (χ1n) is 11.9. The highest BCUT2D eigenvalue weighted by Gasteiger charge is 2.55. The fraction of sp³-hybridized carbons (Fsp3) is 0.667. The van der Waals surface area contributed by atoms with Crippen LogP contribution in [0.1, 0.15) is 44.1 Å². The van der Waals surface area contributed by atoms with Crippen molar-refractivity contribution in [3.63, 3.8) is 0 Å². The van der Waals surface area contributed by atoms with Crippen LogP contribution >= 0.6 is 0 Å². The Morgan fingerprint density at radius 3 is 2.45 bits per heavy atom. The molecule has 2 saturated heterocycles. The van der Waals surface area contributed by atoms with Gasteiger partial charge in [0.25, 0.3) is 5.91 Å². The summed E-state index contributed by atoms with van der Waals surface area (Å²) in [5, 5.41) is 18.5. The molecule has 33 heavy (non-hydrogen) atoms. The molecule has 5 atom stereocenters. The highest BCUT2D eigenvalue weighted by Crippen LogP contribution is 2.42. The third-order valence-electron chi connectivity index (χ3n) is 7.84. The standard InChI is InChI=1S/C24H36N4O4.BrH/c1-28(21(22(25)29)19-16-26-13-14-27-19)15-7-12-20(28)32-23(30)24(31,18-10-5-6-11-18)17-8-3-2-4-9-17;/h2-4,8-9,18-21,26-27,31H,5-7,10-16H2,1H3,(H-,25,29);1H. The van der Waals surface area contributed by atoms with Gasteiger partial charge in [-0.05, 0) is 18.4 Å². The number of likely N-dealkylation sites (N-methyl/N-ethyl adjacent to an activating group) is 1. The number of carbonyl (C=O) groups is 2. The normalized spacial score (nSPS) is 30.7. The minimum Gasteiger partial charge on any atom is -1.00 e. The average molecular weight is 525 g/mol. The van der Waals surface area contributed by atoms with Crippen molar-refractivity contribution < 1.29 is 40.9 Å². The van der Waals surface area contributed by atoms with Gasteiger partial charge in [0.15, 0.2) is 11.6 Å². The number of amides is 1. The van der Waals surface area contributed by atoms with E-state index in [9.17, 15) is 14.7 Å². The number of nitrogens with zero attached hydrogens (tertiary/aromatic N) is 1. The van der Waals surface area contributed by atoms with E-state index < -0.39 is 29.7 Å². The van der Waals surface area contributed by atoms with Crippen LogP contribution in [0.25, 0.3) is 0 Å². The molecule has 5 N–H and O–H groups in total. The van der Waals surface area contributed by atoms with E-state index in [-0.39, 0.29) is 33.4 Å². The molecule has 5 unspecified atom stereocenters. The molecule has 1 aromatic rings. The smallest absolute Gasteiger partial charge is 0.347 e. The Kier molecular flexibility index (Phi) is 8.55. The molecule has 0 aromatic heterocycles. The SMILES string of the molecule is C[N+]1(C(C(N)=O)C2CNCCN2)CCCC1OC(=O)C(O)(c1ccccc1)C1CCCC1.[Br-]. The second-order valence-corrected chi connectivity index (χ2v) is 9.80. The maximum Gasteiger partial charge on any atom is 0.347 e. The van der Waals surface area contributed by atoms with E-state index in [4.69, 9.17) is 10.5 Å². The summed E-state index contributed by atoms with van der Waals surface area (Å²) in [7, 11) is 1.95. The molecule has 1 amide bonds. The zero-order valence-corrected chi connectivity index (χ0v) is 20.9. The lowest BCUT2D eigenvalue weighted by Crippen LogP contribution is -3.00. The van der Waals surface area contributed by atoms with Crippen molar-refractivity contribution in [3.05, 3.63) is 35.9 Å². The highest BCUT2D eigenvalue weighted by atomic mass is 79.9. The number of primary amides is 1. The van der Waals surface area contributed by atoms with Crippen molar-refractivity contribution in [1.82, 2.24) is 10.6 Å². The van der Waals surface area contributed by atoms with Crippen LogP contribution < -0.4 is 33.3 Å². The summed E-state index contributed by atoms with van der Waals surface area (Å²) < 4.78 is 6.35. The Morgan fingerprint density at radius 1 is 1.15 bits per heavy atom. The summed E-state index contributed by atoms with van der Waals surface area (Å²) in [6, 6.07) is 8.48. The lowest BCUT2D eigenvalue weighted by molar-refractivity contribution is -0.955. The molecule has 1 aromatic carbocycles. The van der Waals surface area contributed by atoms with Gasteiger partial charge in [0.1, 0.15) is 0 Å². The maximum absolute atomic E-state index is 13.6. The molecular weight excluding hydrogens is 488 g/mol. The van der Waals surface area contributed by atoms with E-state index >= 15 is 0 Å². The van der Waals surface area contributed by atoms with Crippen LogP contribution in [-0.2, 0) is 19.9 Å². The van der Waals surface area contributed by atoms with Gasteiger partial charge in [-0.25, -0.2) is 4.79 Å². The summed E-state index contributed by atoms with van der Waals surface area (Å²) in [4.78, 5) is 26.2. The largest absolute Gasteiger partial charge is 1.00 e. The Bertz CT molecular complexity index is 816. The number of aliphatic hydroxyl groups is 1. The molecule has 2 heterocycles. The number of piperazine rings is 1. The molecule has 0 spiro atoms. The third kappa shape index (κ3) is 4.98. The number of halogens is 1. The molecule has 3 fully saturated rings. The minimum absolute atomic E-state index is 0. The average Bonchev–Trinajstić information content (AvgIpc) is 3.45. The van der Waals surface area contributed by atoms with Gasteiger partial charge in [-0.2, -0.15) is 0 Å². The maximum atomic E-state index is 13.6. The second kappa shape index (κ2) is 10.8. The van der Waals surface area contributed by atoms with Crippen molar-refractivity contribution >= 4 is 11.9 Å². The molecule has 3 aliphatic rings. The molecule has 0 bridgehead atoms. The first kappa shape index (κ1) is 26.1. The van der Waals surface area contributed by atoms with Gasteiger partial charge in [-0.1, -0.05) is 43.2 Å². The lowest BCUT2D eigenvalue weighted by Gasteiger charge is -2.45. The number of nitrogens with two attached hydrogens (primary N) is 1. The summed E-state index contributed by atoms with van der Waals surface area (Å²) in [5.41, 5.74) is 4.78. The number of benzene rings is 1. The Balaban J connectivity index is 0.00000306. The van der Waals surface area contributed by atoms with E-state index in [0.29, 0.717) is 25.1 Å². The topological polar surface area (TPSA) is 114 Å². The van der Waals surface area contributed by atoms with Crippen LogP contribution in [-0.4, -0.2) is 73.0 Å². The van der Waals surface area contributed by atoms with Gasteiger partial charge in [0.05, 0.1) is 19.6 Å². The van der Waals surface area contributed by atoms with Crippen molar-refractivity contribution in [2.45, 2.75) is 62.4 Å². The number of hydrogen-bond acceptors (Lipinski definition) is 6. The highest BCUT2D eigenvalue weighted by molar-refractivity contribution is 5.82. The van der Waals surface area contributed by atoms with Gasteiger partial charge < -0.3 is 43.2 Å². The molecule has 184 valence electrons. The summed E-state index contributed by atoms with van der Waals surface area (Å²) >= 11 is 0. The number of esters is 1. The van der Waals surface area contributed by atoms with Crippen molar-refractivity contribution in [2.75, 3.05) is 33.2 Å². The monoisotopic (exact) mass is 524 g/mol. The fourth-order valence-corrected chi connectivity index (χ4v) is 6.11. The number of likely N-dealkylation sites (tertiary alicyclic amines) is 1. The van der Waals surface area contributed by atoms with E-state index in [1.807, 2.05) is 25.2 Å². The number of nitrogens with one attached hydrogen (secondary N) is 2. The van der Waals surface area contributed by atoms with Crippen LogP contribution in [0.3, 0.4) is 0 Å². The van der Waals surface area contributed by atoms with E-state index in [1.54, 1.807) is 12.1 Å². The summed E-state index contributed by atoms with van der Waals surface area (Å²) in [6.07, 6.45) is 4.51. The van der Waals surface area contributed by atoms with Crippen LogP contribution in [0.15, 0.2) is 30.3 Å². The molecule has 0 radical (unpaired) electrons. The molecule has 2 aliphatic heterocycles. The second-order valence-electron chi connectivity index (χ2n) is 9.80. The van der Waals surface area contributed by atoms with Crippen molar-refractivity contribution in [1.29, 1.82) is 0 Å². The fourth-order valence-electron chi connectivity index (χ4n) is 6.11. The van der Waals surface area contributed by atoms with Gasteiger partial charge >= 0.3 is 5.97 Å². The van der Waals surface area contributed by atoms with Crippen LogP contribution in [0.5, 0.6) is 0 Å². The molecular formula is C24H37BrN4O4. The molecule has 4 rings (SSSR count). The zero-order valence-electron chi connectivity index (χ0n) is 19.3. The Hall–Kier alpha value is -1.52. The first-order chi connectivity index (χ1) is 15.4. The molecule has 9 heteroatoms. The van der Waals surface area contributed by atoms with Crippen molar-refractivity contribution in [2.24, 2.45) is 11.7 Å². The molecule has 8 nitrogen and oxygen atoms in total. The predicted molar refractivity (Wildman–Crippen MR) is 120 cm³/mol. The van der Waals surface area contributed by atoms with Gasteiger partial charge in [-0.3, -0.25) is 9.28 Å². The predicted octanol–water partition coefficient (Wildman–Crippen LogP) is -2.41. The van der Waals surface area contributed by atoms with Gasteiger partial charge in [0, 0.05) is 38.4 Å². The third-order valence-corrected chi connectivity index (χ3v) is 7.84. The Labute approximate surface area is 206 Å². The van der Waals surface area contributed by atoms with Gasteiger partial charge in [-0.15, -0.1) is 0 Å². The first-order valence-corrected chi connectivity index (χ1v) is 11.9. The lowest BCUT2D eigenvalue weighted by atomic mass is 9.80. The van der Waals surface area contributed by atoms with E-state index in [1.165, 1.54) is 0 Å². The minimum atomic E-state index is -1.68. The zero-order chi connectivity index (χ0) is 22.8. The van der Waals surface area contributed by atoms with Crippen molar-refractivity contribution in [3.8, 4) is 0 Å². The summed E-state index contributed by atoms with van der Waals surface area (Å²) in [5.74, 6) is -1.18. The number of carbonyl (C=O) groups excluding carboxylic acids is 2. The number of hydrogen-bond donors (Lipinski definition) is 4. The summed E-state index contributed by atoms with van der Waals surface area (Å²) in [6.45, 7) is 2.93. The number of rotatable bonds is 7. The Morgan fingerprint density at radius 2 is 1.85 bits per heavy atom. The number of quaternary nitrogens is 1. The van der Waals surface area contributed by atoms with Crippen LogP contribution in [0, 0.1) is 5.92 Å². The quantitative estimate of drug-likeness (QED) is 0.233. The van der Waals surface area contributed by atoms with Crippen LogP contribution in [0.2, 0.25) is 0 Å². The van der Waals surface area contributed by atoms with Gasteiger partial charge in [0.2, 0.25) is 6.23 Å². The van der Waals surface area contributed by atoms with E-state index in [0.717, 1.165) is 45.2 Å². The van der Waals surface area contributed by atoms with E-state index in [2.05, 4.69) is 10.6 Å². The molecule has 1 saturated carbocycles. The van der Waals surface area contributed by atoms with Crippen LogP contribution in [0.4, 0.5) is 0 Å². The number of ether oxygens (including phenoxy) is 1. The molecule has 1 aliphatic carbocycles.